The van der Waals surface area contributed by atoms with Crippen LogP contribution < -0.4 is 4.74 Å². The van der Waals surface area contributed by atoms with Gasteiger partial charge in [-0.15, -0.1) is 10.2 Å². The average Bonchev–Trinajstić information content (AvgIpc) is 3.28. The Kier molecular flexibility index (Phi) is 4.35. The Bertz CT molecular complexity index is 1110. The van der Waals surface area contributed by atoms with Gasteiger partial charge in [-0.2, -0.15) is 0 Å². The lowest BCUT2D eigenvalue weighted by Crippen LogP contribution is -2.04. The molecule has 0 atom stereocenters. The zero-order valence-corrected chi connectivity index (χ0v) is 15.5. The first-order valence-corrected chi connectivity index (χ1v) is 8.72. The Morgan fingerprint density at radius 2 is 2.00 bits per heavy atom. The molecule has 6 nitrogen and oxygen atoms in total. The summed E-state index contributed by atoms with van der Waals surface area (Å²) < 4.78 is 23.5. The number of hydrogen-bond donors (Lipinski definition) is 0. The second kappa shape index (κ2) is 6.83. The van der Waals surface area contributed by atoms with Crippen LogP contribution in [0.1, 0.15) is 17.1 Å². The number of ether oxygens (including phenoxy) is 1. The summed E-state index contributed by atoms with van der Waals surface area (Å²) in [5.74, 6) is 1.24. The van der Waals surface area contributed by atoms with E-state index in [0.717, 1.165) is 28.4 Å². The second-order valence-corrected chi connectivity index (χ2v) is 6.43. The van der Waals surface area contributed by atoms with Gasteiger partial charge in [0.15, 0.2) is 5.65 Å². The molecule has 138 valence electrons. The standard InChI is InChI=1S/C20H20FN5O/c1-13-22-11-18(25(13)2)16-10-8-14(26-12-23-24-20(16)26)7-9-15-17(21)5-4-6-19(15)27-3/h4-6,8,10-12H,7,9H2,1-3H3. The molecular formula is C20H20FN5O. The van der Waals surface area contributed by atoms with E-state index in [9.17, 15) is 4.39 Å². The van der Waals surface area contributed by atoms with Crippen LogP contribution in [0.4, 0.5) is 4.39 Å². The first-order chi connectivity index (χ1) is 13.1. The van der Waals surface area contributed by atoms with Crippen LogP contribution in [0.25, 0.3) is 16.9 Å². The van der Waals surface area contributed by atoms with Gasteiger partial charge in [-0.05, 0) is 44.0 Å². The Labute approximate surface area is 156 Å². The molecule has 4 rings (SSSR count). The summed E-state index contributed by atoms with van der Waals surface area (Å²) in [5, 5.41) is 8.36. The first kappa shape index (κ1) is 17.2. The fraction of sp³-hybridized carbons (Fsp3) is 0.250. The van der Waals surface area contributed by atoms with Crippen molar-refractivity contribution in [2.24, 2.45) is 7.05 Å². The zero-order chi connectivity index (χ0) is 19.0. The smallest absolute Gasteiger partial charge is 0.170 e. The highest BCUT2D eigenvalue weighted by atomic mass is 19.1. The number of methoxy groups -OCH3 is 1. The first-order valence-electron chi connectivity index (χ1n) is 8.72. The molecule has 0 unspecified atom stereocenters. The van der Waals surface area contributed by atoms with Crippen molar-refractivity contribution >= 4 is 5.65 Å². The summed E-state index contributed by atoms with van der Waals surface area (Å²) in [6, 6.07) is 8.94. The maximum atomic E-state index is 14.2. The summed E-state index contributed by atoms with van der Waals surface area (Å²) in [5.41, 5.74) is 4.28. The van der Waals surface area contributed by atoms with Crippen molar-refractivity contribution in [3.63, 3.8) is 0 Å². The SMILES string of the molecule is COc1cccc(F)c1CCc1ccc(-c2cnc(C)n2C)c2nncn12. The van der Waals surface area contributed by atoms with Gasteiger partial charge >= 0.3 is 0 Å². The molecule has 0 spiro atoms. The molecule has 0 amide bonds. The van der Waals surface area contributed by atoms with Gasteiger partial charge in [0.25, 0.3) is 0 Å². The van der Waals surface area contributed by atoms with Crippen LogP contribution in [0.3, 0.4) is 0 Å². The van der Waals surface area contributed by atoms with Crippen molar-refractivity contribution in [2.75, 3.05) is 7.11 Å². The molecule has 3 aromatic heterocycles. The number of fused-ring (bicyclic) bond motifs is 1. The van der Waals surface area contributed by atoms with E-state index in [1.165, 1.54) is 6.07 Å². The third kappa shape index (κ3) is 2.95. The zero-order valence-electron chi connectivity index (χ0n) is 15.5. The van der Waals surface area contributed by atoms with E-state index >= 15 is 0 Å². The van der Waals surface area contributed by atoms with Crippen LogP contribution in [0, 0.1) is 12.7 Å². The van der Waals surface area contributed by atoms with Gasteiger partial charge in [0.1, 0.15) is 23.7 Å². The maximum absolute atomic E-state index is 14.2. The lowest BCUT2D eigenvalue weighted by atomic mass is 10.0. The van der Waals surface area contributed by atoms with E-state index < -0.39 is 0 Å². The van der Waals surface area contributed by atoms with Crippen molar-refractivity contribution in [2.45, 2.75) is 19.8 Å². The molecule has 0 aliphatic rings. The summed E-state index contributed by atoms with van der Waals surface area (Å²) in [7, 11) is 3.53. The number of hydrogen-bond acceptors (Lipinski definition) is 4. The second-order valence-electron chi connectivity index (χ2n) is 6.43. The van der Waals surface area contributed by atoms with Crippen LogP contribution in [-0.4, -0.2) is 31.3 Å². The number of pyridine rings is 1. The number of imidazole rings is 1. The van der Waals surface area contributed by atoms with E-state index in [1.54, 1.807) is 25.6 Å². The summed E-state index contributed by atoms with van der Waals surface area (Å²) in [6.45, 7) is 1.96. The Morgan fingerprint density at radius 3 is 2.74 bits per heavy atom. The Hall–Kier alpha value is -3.22. The van der Waals surface area contributed by atoms with Crippen LogP contribution in [0.5, 0.6) is 5.75 Å². The minimum atomic E-state index is -0.253. The average molecular weight is 365 g/mol. The third-order valence-electron chi connectivity index (χ3n) is 4.96. The van der Waals surface area contributed by atoms with Crippen LogP contribution in [-0.2, 0) is 19.9 Å². The number of benzene rings is 1. The van der Waals surface area contributed by atoms with Crippen molar-refractivity contribution in [3.8, 4) is 17.0 Å². The molecule has 0 fully saturated rings. The van der Waals surface area contributed by atoms with Gasteiger partial charge in [0.05, 0.1) is 19.0 Å². The molecular weight excluding hydrogens is 345 g/mol. The minimum absolute atomic E-state index is 0.253. The summed E-state index contributed by atoms with van der Waals surface area (Å²) >= 11 is 0. The highest BCUT2D eigenvalue weighted by Crippen LogP contribution is 2.27. The summed E-state index contributed by atoms with van der Waals surface area (Å²) in [4.78, 5) is 4.36. The molecule has 0 aliphatic heterocycles. The molecule has 0 saturated heterocycles. The highest BCUT2D eigenvalue weighted by Gasteiger charge is 2.15. The van der Waals surface area contributed by atoms with Gasteiger partial charge < -0.3 is 9.30 Å². The normalized spacial score (nSPS) is 11.3. The Morgan fingerprint density at radius 1 is 1.15 bits per heavy atom. The van der Waals surface area contributed by atoms with Gasteiger partial charge in [-0.3, -0.25) is 4.40 Å². The quantitative estimate of drug-likeness (QED) is 0.544. The number of aryl methyl sites for hydroxylation is 2. The number of halogens is 1. The van der Waals surface area contributed by atoms with Gasteiger partial charge in [-0.25, -0.2) is 9.37 Å². The van der Waals surface area contributed by atoms with Crippen molar-refractivity contribution in [1.29, 1.82) is 0 Å². The van der Waals surface area contributed by atoms with E-state index in [0.29, 0.717) is 24.2 Å². The molecule has 0 saturated carbocycles. The molecule has 7 heteroatoms. The molecule has 3 heterocycles. The Balaban J connectivity index is 1.70. The van der Waals surface area contributed by atoms with E-state index in [-0.39, 0.29) is 5.82 Å². The van der Waals surface area contributed by atoms with Gasteiger partial charge in [0, 0.05) is 23.9 Å². The van der Waals surface area contributed by atoms with Gasteiger partial charge in [-0.1, -0.05) is 6.07 Å². The molecule has 1 aromatic carbocycles. The topological polar surface area (TPSA) is 57.2 Å². The van der Waals surface area contributed by atoms with Crippen molar-refractivity contribution < 1.29 is 9.13 Å². The predicted molar refractivity (Wildman–Crippen MR) is 100 cm³/mol. The van der Waals surface area contributed by atoms with Crippen LogP contribution in [0.2, 0.25) is 0 Å². The lowest BCUT2D eigenvalue weighted by Gasteiger charge is -2.12. The molecule has 0 aliphatic carbocycles. The highest BCUT2D eigenvalue weighted by molar-refractivity contribution is 5.75. The third-order valence-corrected chi connectivity index (χ3v) is 4.96. The predicted octanol–water partition coefficient (Wildman–Crippen LogP) is 3.37. The fourth-order valence-electron chi connectivity index (χ4n) is 3.35. The van der Waals surface area contributed by atoms with E-state index in [1.807, 2.05) is 41.3 Å². The van der Waals surface area contributed by atoms with Crippen molar-refractivity contribution in [3.05, 3.63) is 65.8 Å². The largest absolute Gasteiger partial charge is 0.496 e. The maximum Gasteiger partial charge on any atom is 0.170 e. The lowest BCUT2D eigenvalue weighted by molar-refractivity contribution is 0.404. The minimum Gasteiger partial charge on any atom is -0.496 e. The molecule has 0 radical (unpaired) electrons. The fourth-order valence-corrected chi connectivity index (χ4v) is 3.35. The summed E-state index contributed by atoms with van der Waals surface area (Å²) in [6.07, 6.45) is 4.68. The van der Waals surface area contributed by atoms with Crippen LogP contribution in [0.15, 0.2) is 42.9 Å². The molecule has 0 bridgehead atoms. The monoisotopic (exact) mass is 365 g/mol. The molecule has 0 N–H and O–H groups in total. The number of rotatable bonds is 5. The number of nitrogens with zero attached hydrogens (tertiary/aromatic N) is 5. The van der Waals surface area contributed by atoms with Crippen LogP contribution >= 0.6 is 0 Å². The number of aromatic nitrogens is 5. The van der Waals surface area contributed by atoms with Gasteiger partial charge in [0.2, 0.25) is 0 Å². The van der Waals surface area contributed by atoms with E-state index in [4.69, 9.17) is 4.74 Å². The molecule has 27 heavy (non-hydrogen) atoms. The molecule has 4 aromatic rings. The van der Waals surface area contributed by atoms with Crippen molar-refractivity contribution in [1.82, 2.24) is 24.1 Å². The van der Waals surface area contributed by atoms with E-state index in [2.05, 4.69) is 15.2 Å².